The van der Waals surface area contributed by atoms with Gasteiger partial charge in [-0.25, -0.2) is 24.5 Å². The fourth-order valence-electron chi connectivity index (χ4n) is 2.92. The van der Waals surface area contributed by atoms with Crippen LogP contribution in [0, 0.1) is 6.92 Å². The number of hydrogen-bond donors (Lipinski definition) is 2. The molecule has 3 N–H and O–H groups in total. The van der Waals surface area contributed by atoms with Gasteiger partial charge in [0.1, 0.15) is 21.3 Å². The minimum absolute atomic E-state index is 0.146. The van der Waals surface area contributed by atoms with Crippen LogP contribution in [0.4, 0.5) is 11.6 Å². The van der Waals surface area contributed by atoms with Crippen LogP contribution in [-0.2, 0) is 16.1 Å². The Balaban J connectivity index is 1.46. The summed E-state index contributed by atoms with van der Waals surface area (Å²) in [5, 5.41) is 3.87. The molecule has 0 spiro atoms. The number of nitrogen functional groups attached to an aromatic ring is 1. The van der Waals surface area contributed by atoms with Crippen LogP contribution in [0.5, 0.6) is 0 Å². The molecule has 30 heavy (non-hydrogen) atoms. The van der Waals surface area contributed by atoms with E-state index in [1.165, 1.54) is 17.5 Å². The average molecular weight is 427 g/mol. The second-order valence-electron chi connectivity index (χ2n) is 6.91. The third-order valence-electron chi connectivity index (χ3n) is 4.59. The Morgan fingerprint density at radius 3 is 2.70 bits per heavy atom. The second kappa shape index (κ2) is 8.23. The highest BCUT2D eigenvalue weighted by Gasteiger charge is 2.22. The fraction of sp³-hybridized carbons (Fsp3) is 0.350. The van der Waals surface area contributed by atoms with Crippen molar-refractivity contribution < 1.29 is 19.1 Å². The van der Waals surface area contributed by atoms with Crippen molar-refractivity contribution in [3.63, 3.8) is 0 Å². The summed E-state index contributed by atoms with van der Waals surface area (Å²) >= 11 is 1.18. The Labute approximate surface area is 176 Å². The third-order valence-corrected chi connectivity index (χ3v) is 5.75. The van der Waals surface area contributed by atoms with Crippen LogP contribution in [0.1, 0.15) is 51.2 Å². The van der Waals surface area contributed by atoms with Crippen molar-refractivity contribution in [3.8, 4) is 0 Å². The first kappa shape index (κ1) is 20.0. The van der Waals surface area contributed by atoms with Crippen molar-refractivity contribution >= 4 is 45.1 Å². The zero-order valence-corrected chi connectivity index (χ0v) is 17.4. The number of nitrogens with two attached hydrogens (primary N) is 1. The molecule has 0 aromatic carbocycles. The average Bonchev–Trinajstić information content (AvgIpc) is 3.47. The van der Waals surface area contributed by atoms with Gasteiger partial charge in [0.2, 0.25) is 0 Å². The van der Waals surface area contributed by atoms with E-state index in [0.29, 0.717) is 32.3 Å². The van der Waals surface area contributed by atoms with Crippen molar-refractivity contribution in [1.82, 2.24) is 15.0 Å². The summed E-state index contributed by atoms with van der Waals surface area (Å²) in [7, 11) is 0. The first-order valence-electron chi connectivity index (χ1n) is 9.58. The number of carbonyl (C=O) groups excluding carboxylic acids is 2. The number of carbonyl (C=O) groups is 2. The largest absolute Gasteiger partial charge is 0.462 e. The monoisotopic (exact) mass is 427 g/mol. The van der Waals surface area contributed by atoms with Crippen LogP contribution >= 0.6 is 11.3 Å². The van der Waals surface area contributed by atoms with E-state index in [-0.39, 0.29) is 24.9 Å². The van der Waals surface area contributed by atoms with Gasteiger partial charge in [-0.05, 0) is 44.4 Å². The number of pyridine rings is 1. The lowest BCUT2D eigenvalue weighted by Gasteiger charge is -2.07. The topological polar surface area (TPSA) is 129 Å². The quantitative estimate of drug-likeness (QED) is 0.546. The van der Waals surface area contributed by atoms with Gasteiger partial charge in [-0.15, -0.1) is 11.3 Å². The van der Waals surface area contributed by atoms with Crippen LogP contribution in [0.15, 0.2) is 18.3 Å². The Kier molecular flexibility index (Phi) is 5.49. The number of rotatable bonds is 7. The molecular weight excluding hydrogens is 406 g/mol. The van der Waals surface area contributed by atoms with Gasteiger partial charge in [0.05, 0.1) is 17.6 Å². The molecule has 3 aromatic rings. The molecule has 0 radical (unpaired) electrons. The molecule has 0 unspecified atom stereocenters. The molecule has 1 fully saturated rings. The maximum absolute atomic E-state index is 12.3. The molecule has 0 bridgehead atoms. The maximum atomic E-state index is 12.3. The summed E-state index contributed by atoms with van der Waals surface area (Å²) in [5.41, 5.74) is 7.09. The van der Waals surface area contributed by atoms with Crippen LogP contribution < -0.4 is 11.1 Å². The highest BCUT2D eigenvalue weighted by atomic mass is 32.1. The lowest BCUT2D eigenvalue weighted by atomic mass is 10.2. The fourth-order valence-corrected chi connectivity index (χ4v) is 4.02. The Morgan fingerprint density at radius 2 is 2.03 bits per heavy atom. The molecule has 0 saturated heterocycles. The Bertz CT molecular complexity index is 1110. The van der Waals surface area contributed by atoms with E-state index in [9.17, 15) is 9.59 Å². The Morgan fingerprint density at radius 1 is 1.23 bits per heavy atom. The number of thiophene rings is 1. The molecule has 10 heteroatoms. The van der Waals surface area contributed by atoms with Crippen LogP contribution in [0.2, 0.25) is 0 Å². The van der Waals surface area contributed by atoms with Crippen LogP contribution in [-0.4, -0.2) is 39.5 Å². The molecule has 0 amide bonds. The number of hydrogen-bond acceptors (Lipinski definition) is 10. The number of anilines is 2. The maximum Gasteiger partial charge on any atom is 0.348 e. The molecule has 4 rings (SSSR count). The van der Waals surface area contributed by atoms with E-state index >= 15 is 0 Å². The highest BCUT2D eigenvalue weighted by Crippen LogP contribution is 2.33. The molecule has 0 aliphatic heterocycles. The Hall–Kier alpha value is -3.27. The summed E-state index contributed by atoms with van der Waals surface area (Å²) in [6.45, 7) is 3.65. The smallest absolute Gasteiger partial charge is 0.348 e. The van der Waals surface area contributed by atoms with Crippen LogP contribution in [0.25, 0.3) is 10.2 Å². The lowest BCUT2D eigenvalue weighted by Crippen LogP contribution is -2.09. The molecule has 1 aliphatic carbocycles. The minimum atomic E-state index is -0.530. The zero-order valence-electron chi connectivity index (χ0n) is 16.6. The molecule has 3 aromatic heterocycles. The van der Waals surface area contributed by atoms with E-state index in [1.807, 2.05) is 0 Å². The number of nitrogens with one attached hydrogen (secondary N) is 1. The van der Waals surface area contributed by atoms with Crippen molar-refractivity contribution in [1.29, 1.82) is 0 Å². The summed E-state index contributed by atoms with van der Waals surface area (Å²) < 4.78 is 10.4. The van der Waals surface area contributed by atoms with E-state index in [2.05, 4.69) is 20.3 Å². The third kappa shape index (κ3) is 4.18. The second-order valence-corrected chi connectivity index (χ2v) is 7.91. The van der Waals surface area contributed by atoms with Gasteiger partial charge in [-0.3, -0.25) is 0 Å². The van der Waals surface area contributed by atoms with Gasteiger partial charge in [0.25, 0.3) is 0 Å². The van der Waals surface area contributed by atoms with Gasteiger partial charge >= 0.3 is 11.9 Å². The SMILES string of the molecule is CCOC(=O)c1sc2nc(COC(=O)c3ccc(NC4CC4)nc3)nc(N)c2c1C. The van der Waals surface area contributed by atoms with Gasteiger partial charge in [-0.2, -0.15) is 0 Å². The molecular formula is C20H21N5O4S. The predicted octanol–water partition coefficient (Wildman–Crippen LogP) is 3.08. The zero-order chi connectivity index (χ0) is 21.3. The van der Waals surface area contributed by atoms with Crippen LogP contribution in [0.3, 0.4) is 0 Å². The highest BCUT2D eigenvalue weighted by molar-refractivity contribution is 7.20. The van der Waals surface area contributed by atoms with Crippen molar-refractivity contribution in [3.05, 3.63) is 40.2 Å². The minimum Gasteiger partial charge on any atom is -0.462 e. The van der Waals surface area contributed by atoms with Crippen molar-refractivity contribution in [2.45, 2.75) is 39.3 Å². The summed E-state index contributed by atoms with van der Waals surface area (Å²) in [4.78, 5) is 38.2. The standard InChI is InChI=1S/C20H21N5O4S/c1-3-28-20(27)16-10(2)15-17(21)24-14(25-18(15)30-16)9-29-19(26)11-4-7-13(22-8-11)23-12-5-6-12/h4,7-8,12H,3,5-6,9H2,1-2H3,(H,22,23)(H2,21,24,25). The van der Waals surface area contributed by atoms with E-state index < -0.39 is 11.9 Å². The van der Waals surface area contributed by atoms with Gasteiger partial charge < -0.3 is 20.5 Å². The molecule has 1 aliphatic rings. The molecule has 3 heterocycles. The number of esters is 2. The van der Waals surface area contributed by atoms with Crippen molar-refractivity contribution in [2.75, 3.05) is 17.7 Å². The van der Waals surface area contributed by atoms with E-state index in [4.69, 9.17) is 15.2 Å². The normalized spacial score (nSPS) is 13.3. The van der Waals surface area contributed by atoms with E-state index in [0.717, 1.165) is 18.7 Å². The molecule has 1 saturated carbocycles. The summed E-state index contributed by atoms with van der Waals surface area (Å²) in [5.74, 6) is 0.272. The van der Waals surface area contributed by atoms with Gasteiger partial charge in [0, 0.05) is 12.2 Å². The summed E-state index contributed by atoms with van der Waals surface area (Å²) in [6, 6.07) is 3.89. The number of aromatic nitrogens is 3. The van der Waals surface area contributed by atoms with E-state index in [1.54, 1.807) is 26.0 Å². The van der Waals surface area contributed by atoms with Gasteiger partial charge in [-0.1, -0.05) is 0 Å². The predicted molar refractivity (Wildman–Crippen MR) is 113 cm³/mol. The van der Waals surface area contributed by atoms with Gasteiger partial charge in [0.15, 0.2) is 12.4 Å². The first-order chi connectivity index (χ1) is 14.5. The molecule has 9 nitrogen and oxygen atoms in total. The molecule has 156 valence electrons. The first-order valence-corrected chi connectivity index (χ1v) is 10.4. The number of ether oxygens (including phenoxy) is 2. The van der Waals surface area contributed by atoms with Crippen molar-refractivity contribution in [2.24, 2.45) is 0 Å². The number of aryl methyl sites for hydroxylation is 1. The summed E-state index contributed by atoms with van der Waals surface area (Å²) in [6.07, 6.45) is 3.76. The number of nitrogens with zero attached hydrogens (tertiary/aromatic N) is 3. The molecule has 0 atom stereocenters. The lowest BCUT2D eigenvalue weighted by molar-refractivity contribution is 0.0461. The number of fused-ring (bicyclic) bond motifs is 1.